The van der Waals surface area contributed by atoms with Crippen LogP contribution in [0, 0.1) is 5.92 Å². The van der Waals surface area contributed by atoms with Gasteiger partial charge in [-0.3, -0.25) is 10.00 Å². The summed E-state index contributed by atoms with van der Waals surface area (Å²) < 4.78 is 7.46. The smallest absolute Gasteiger partial charge is 0.412 e. The van der Waals surface area contributed by atoms with E-state index < -0.39 is 17.3 Å². The molecule has 1 heterocycles. The van der Waals surface area contributed by atoms with Crippen LogP contribution in [-0.4, -0.2) is 26.6 Å². The second-order valence-electron chi connectivity index (χ2n) is 9.83. The van der Waals surface area contributed by atoms with Crippen LogP contribution in [0.1, 0.15) is 85.3 Å². The Morgan fingerprint density at radius 3 is 2.41 bits per heavy atom. The monoisotopic (exact) mass is 401 g/mol. The number of rotatable bonds is 4. The molecular formula is C23H35N3O3. The van der Waals surface area contributed by atoms with E-state index in [1.54, 1.807) is 13.8 Å². The first-order chi connectivity index (χ1) is 13.5. The number of aliphatic hydroxyl groups is 1. The van der Waals surface area contributed by atoms with Crippen LogP contribution in [0.2, 0.25) is 0 Å². The number of hydrogen-bond donors (Lipinski definition) is 2. The van der Waals surface area contributed by atoms with Gasteiger partial charge in [-0.25, -0.2) is 4.79 Å². The summed E-state index contributed by atoms with van der Waals surface area (Å²) in [7, 11) is 0. The van der Waals surface area contributed by atoms with E-state index in [1.165, 1.54) is 19.3 Å². The molecule has 1 saturated carbocycles. The van der Waals surface area contributed by atoms with Crippen molar-refractivity contribution in [2.75, 3.05) is 5.32 Å². The quantitative estimate of drug-likeness (QED) is 0.684. The Kier molecular flexibility index (Phi) is 5.95. The molecule has 3 rings (SSSR count). The number of carbonyl (C=O) groups excluding carboxylic acids is 1. The van der Waals surface area contributed by atoms with Crippen LogP contribution in [-0.2, 0) is 10.3 Å². The molecular weight excluding hydrogens is 366 g/mol. The van der Waals surface area contributed by atoms with Crippen LogP contribution in [0.25, 0.3) is 10.9 Å². The molecule has 0 unspecified atom stereocenters. The summed E-state index contributed by atoms with van der Waals surface area (Å²) in [6.45, 7) is 11.2. The number of ether oxygens (including phenoxy) is 1. The summed E-state index contributed by atoms with van der Waals surface area (Å²) in [6.07, 6.45) is 7.56. The Morgan fingerprint density at radius 1 is 1.21 bits per heavy atom. The summed E-state index contributed by atoms with van der Waals surface area (Å²) in [5.74, 6) is 0.836. The average Bonchev–Trinajstić information content (AvgIpc) is 3.01. The lowest BCUT2D eigenvalue weighted by molar-refractivity contribution is 0.0632. The van der Waals surface area contributed by atoms with E-state index in [1.807, 2.05) is 32.9 Å². The predicted octanol–water partition coefficient (Wildman–Crippen LogP) is 5.75. The van der Waals surface area contributed by atoms with Gasteiger partial charge in [0.05, 0.1) is 22.8 Å². The second-order valence-corrected chi connectivity index (χ2v) is 9.83. The first-order valence-corrected chi connectivity index (χ1v) is 10.7. The number of nitrogens with one attached hydrogen (secondary N) is 1. The van der Waals surface area contributed by atoms with E-state index in [0.717, 1.165) is 29.7 Å². The molecule has 160 valence electrons. The second kappa shape index (κ2) is 7.98. The van der Waals surface area contributed by atoms with Crippen molar-refractivity contribution in [1.29, 1.82) is 0 Å². The minimum Gasteiger partial charge on any atom is -0.444 e. The van der Waals surface area contributed by atoms with Crippen LogP contribution in [0.3, 0.4) is 0 Å². The van der Waals surface area contributed by atoms with Crippen molar-refractivity contribution in [3.05, 3.63) is 23.9 Å². The highest BCUT2D eigenvalue weighted by molar-refractivity contribution is 5.92. The third kappa shape index (κ3) is 5.30. The topological polar surface area (TPSA) is 76.4 Å². The van der Waals surface area contributed by atoms with Crippen molar-refractivity contribution >= 4 is 22.7 Å². The molecule has 2 N–H and O–H groups in total. The summed E-state index contributed by atoms with van der Waals surface area (Å²) in [5.41, 5.74) is 0.283. The Labute approximate surface area is 173 Å². The van der Waals surface area contributed by atoms with Crippen molar-refractivity contribution in [2.45, 2.75) is 90.9 Å². The number of amides is 1. The SMILES string of the molecule is CC[C@H]1CC[C@H](n2cc3cc(NC(=O)OC(C)(C)C)c(C(C)(C)O)cc3n2)CC1. The lowest BCUT2D eigenvalue weighted by Crippen LogP contribution is -2.28. The molecule has 1 aliphatic rings. The molecule has 0 saturated heterocycles. The van der Waals surface area contributed by atoms with E-state index >= 15 is 0 Å². The molecule has 1 aromatic heterocycles. The highest BCUT2D eigenvalue weighted by atomic mass is 16.6. The van der Waals surface area contributed by atoms with Crippen LogP contribution in [0.15, 0.2) is 18.3 Å². The summed E-state index contributed by atoms with van der Waals surface area (Å²) in [4.78, 5) is 12.3. The summed E-state index contributed by atoms with van der Waals surface area (Å²) in [5, 5.41) is 19.2. The number of nitrogens with zero attached hydrogens (tertiary/aromatic N) is 2. The molecule has 0 bridgehead atoms. The molecule has 0 atom stereocenters. The lowest BCUT2D eigenvalue weighted by Gasteiger charge is -2.27. The van der Waals surface area contributed by atoms with E-state index in [4.69, 9.17) is 9.84 Å². The fourth-order valence-corrected chi connectivity index (χ4v) is 4.12. The highest BCUT2D eigenvalue weighted by Gasteiger charge is 2.26. The maximum atomic E-state index is 12.3. The summed E-state index contributed by atoms with van der Waals surface area (Å²) >= 11 is 0. The zero-order valence-electron chi connectivity index (χ0n) is 18.6. The van der Waals surface area contributed by atoms with E-state index in [0.29, 0.717) is 17.3 Å². The molecule has 1 aromatic carbocycles. The number of benzene rings is 1. The predicted molar refractivity (Wildman–Crippen MR) is 116 cm³/mol. The third-order valence-corrected chi connectivity index (χ3v) is 5.72. The van der Waals surface area contributed by atoms with E-state index in [-0.39, 0.29) is 0 Å². The number of carbonyl (C=O) groups is 1. The molecule has 0 aliphatic heterocycles. The van der Waals surface area contributed by atoms with E-state index in [2.05, 4.69) is 23.1 Å². The first-order valence-electron chi connectivity index (χ1n) is 10.7. The van der Waals surface area contributed by atoms with Crippen LogP contribution in [0.4, 0.5) is 10.5 Å². The van der Waals surface area contributed by atoms with Gasteiger partial charge in [-0.1, -0.05) is 13.3 Å². The number of anilines is 1. The summed E-state index contributed by atoms with van der Waals surface area (Å²) in [6, 6.07) is 4.17. The maximum Gasteiger partial charge on any atom is 0.412 e. The van der Waals surface area contributed by atoms with Gasteiger partial charge in [0.15, 0.2) is 0 Å². The Balaban J connectivity index is 1.91. The van der Waals surface area contributed by atoms with Gasteiger partial charge in [0.2, 0.25) is 0 Å². The molecule has 29 heavy (non-hydrogen) atoms. The van der Waals surface area contributed by atoms with Crippen LogP contribution >= 0.6 is 0 Å². The Hall–Kier alpha value is -2.08. The van der Waals surface area contributed by atoms with Crippen molar-refractivity contribution in [2.24, 2.45) is 5.92 Å². The average molecular weight is 402 g/mol. The number of aromatic nitrogens is 2. The van der Waals surface area contributed by atoms with E-state index in [9.17, 15) is 9.90 Å². The zero-order chi connectivity index (χ0) is 21.4. The van der Waals surface area contributed by atoms with Crippen molar-refractivity contribution in [3.8, 4) is 0 Å². The first kappa shape index (κ1) is 21.6. The molecule has 6 heteroatoms. The van der Waals surface area contributed by atoms with Gasteiger partial charge >= 0.3 is 6.09 Å². The molecule has 1 fully saturated rings. The largest absolute Gasteiger partial charge is 0.444 e. The Bertz CT molecular complexity index is 866. The molecule has 1 aliphatic carbocycles. The van der Waals surface area contributed by atoms with Gasteiger partial charge in [-0.2, -0.15) is 5.10 Å². The normalized spacial score (nSPS) is 20.7. The standard InChI is InChI=1S/C23H35N3O3/c1-7-15-8-10-17(11-9-15)26-14-16-12-20(24-21(27)29-22(2,3)4)18(23(5,6)28)13-19(16)25-26/h12-15,17,28H,7-11H2,1-6H3,(H,24,27)/t15-,17-. The van der Waals surface area contributed by atoms with Gasteiger partial charge in [0.25, 0.3) is 0 Å². The number of hydrogen-bond acceptors (Lipinski definition) is 4. The Morgan fingerprint density at radius 2 is 1.86 bits per heavy atom. The van der Waals surface area contributed by atoms with Crippen molar-refractivity contribution in [1.82, 2.24) is 9.78 Å². The zero-order valence-corrected chi connectivity index (χ0v) is 18.6. The van der Waals surface area contributed by atoms with Crippen LogP contribution in [0.5, 0.6) is 0 Å². The fraction of sp³-hybridized carbons (Fsp3) is 0.652. The minimum absolute atomic E-state index is 0.415. The lowest BCUT2D eigenvalue weighted by atomic mass is 9.85. The fourth-order valence-electron chi connectivity index (χ4n) is 4.12. The molecule has 0 spiro atoms. The molecule has 0 radical (unpaired) electrons. The van der Waals surface area contributed by atoms with Crippen molar-refractivity contribution in [3.63, 3.8) is 0 Å². The third-order valence-electron chi connectivity index (χ3n) is 5.72. The van der Waals surface area contributed by atoms with Crippen molar-refractivity contribution < 1.29 is 14.6 Å². The maximum absolute atomic E-state index is 12.3. The van der Waals surface area contributed by atoms with Gasteiger partial charge in [-0.15, -0.1) is 0 Å². The number of fused-ring (bicyclic) bond motifs is 1. The minimum atomic E-state index is -1.12. The molecule has 6 nitrogen and oxygen atoms in total. The molecule has 2 aromatic rings. The van der Waals surface area contributed by atoms with Gasteiger partial charge in [-0.05, 0) is 78.4 Å². The molecule has 1 amide bonds. The van der Waals surface area contributed by atoms with Gasteiger partial charge in [0.1, 0.15) is 5.60 Å². The van der Waals surface area contributed by atoms with Crippen LogP contribution < -0.4 is 5.32 Å². The van der Waals surface area contributed by atoms with Gasteiger partial charge < -0.3 is 9.84 Å². The highest BCUT2D eigenvalue weighted by Crippen LogP contribution is 2.36. The van der Waals surface area contributed by atoms with Gasteiger partial charge in [0, 0.05) is 17.1 Å².